The summed E-state index contributed by atoms with van der Waals surface area (Å²) in [6.07, 6.45) is 2.12. The third kappa shape index (κ3) is 5.22. The van der Waals surface area contributed by atoms with Crippen LogP contribution in [0.3, 0.4) is 0 Å². The molecule has 12 nitrogen and oxygen atoms in total. The maximum Gasteiger partial charge on any atom is 0.282 e. The van der Waals surface area contributed by atoms with Gasteiger partial charge in [-0.05, 0) is 12.5 Å². The maximum atomic E-state index is 12.0. The number of hydrogen-bond donors (Lipinski definition) is 2. The van der Waals surface area contributed by atoms with Crippen LogP contribution >= 0.6 is 11.3 Å². The normalized spacial score (nSPS) is 12.2. The fourth-order valence-electron chi connectivity index (χ4n) is 2.34. The molecule has 29 heavy (non-hydrogen) atoms. The Morgan fingerprint density at radius 2 is 2.07 bits per heavy atom. The first kappa shape index (κ1) is 20.1. The number of nitro benzene ring substituents is 1. The van der Waals surface area contributed by atoms with Crippen molar-refractivity contribution in [1.82, 2.24) is 15.6 Å². The summed E-state index contributed by atoms with van der Waals surface area (Å²) in [7, 11) is 0. The topological polar surface area (TPSA) is 158 Å². The molecule has 0 bridgehead atoms. The van der Waals surface area contributed by atoms with Gasteiger partial charge in [0.05, 0.1) is 29.2 Å². The van der Waals surface area contributed by atoms with Crippen molar-refractivity contribution in [2.24, 2.45) is 5.10 Å². The SMILES string of the molecule is CCCC(=O)Nc1nnc(CC(=O)N/N=C\c2cc3c(cc2[N+](=O)[O-])OCO3)s1. The molecule has 2 heterocycles. The molecule has 2 amide bonds. The highest BCUT2D eigenvalue weighted by Crippen LogP contribution is 2.37. The van der Waals surface area contributed by atoms with Crippen molar-refractivity contribution in [2.45, 2.75) is 26.2 Å². The lowest BCUT2D eigenvalue weighted by atomic mass is 10.1. The molecule has 2 N–H and O–H groups in total. The molecule has 0 aliphatic carbocycles. The minimum Gasteiger partial charge on any atom is -0.454 e. The molecular weight excluding hydrogens is 404 g/mol. The van der Waals surface area contributed by atoms with E-state index in [-0.39, 0.29) is 36.1 Å². The van der Waals surface area contributed by atoms with Gasteiger partial charge < -0.3 is 14.8 Å². The van der Waals surface area contributed by atoms with E-state index < -0.39 is 10.8 Å². The van der Waals surface area contributed by atoms with Crippen molar-refractivity contribution < 1.29 is 24.0 Å². The summed E-state index contributed by atoms with van der Waals surface area (Å²) in [4.78, 5) is 34.1. The van der Waals surface area contributed by atoms with E-state index in [0.717, 1.165) is 17.6 Å². The van der Waals surface area contributed by atoms with Crippen LogP contribution < -0.4 is 20.2 Å². The minimum atomic E-state index is -0.583. The maximum absolute atomic E-state index is 12.0. The van der Waals surface area contributed by atoms with E-state index in [9.17, 15) is 19.7 Å². The van der Waals surface area contributed by atoms with Crippen LogP contribution in [0.5, 0.6) is 11.5 Å². The van der Waals surface area contributed by atoms with Crippen molar-refractivity contribution in [1.29, 1.82) is 0 Å². The van der Waals surface area contributed by atoms with E-state index in [4.69, 9.17) is 9.47 Å². The van der Waals surface area contributed by atoms with Crippen LogP contribution in [-0.2, 0) is 16.0 Å². The van der Waals surface area contributed by atoms with Gasteiger partial charge >= 0.3 is 0 Å². The Hall–Kier alpha value is -3.61. The molecule has 0 unspecified atom stereocenters. The monoisotopic (exact) mass is 420 g/mol. The van der Waals surface area contributed by atoms with Gasteiger partial charge in [-0.1, -0.05) is 18.3 Å². The van der Waals surface area contributed by atoms with Gasteiger partial charge in [0.25, 0.3) is 5.69 Å². The highest BCUT2D eigenvalue weighted by molar-refractivity contribution is 7.15. The third-order valence-corrected chi connectivity index (χ3v) is 4.45. The van der Waals surface area contributed by atoms with Crippen molar-refractivity contribution >= 4 is 40.2 Å². The van der Waals surface area contributed by atoms with Gasteiger partial charge in [0.15, 0.2) is 11.5 Å². The van der Waals surface area contributed by atoms with Crippen LogP contribution in [0.2, 0.25) is 0 Å². The van der Waals surface area contributed by atoms with Crippen LogP contribution in [0.15, 0.2) is 17.2 Å². The second-order valence-corrected chi connectivity index (χ2v) is 6.85. The standard InChI is InChI=1S/C16H16N6O6S/c1-2-3-13(23)18-16-21-20-15(29-16)6-14(24)19-17-7-9-4-11-12(28-8-27-11)5-10(9)22(25)26/h4-5,7H,2-3,6,8H2,1H3,(H,19,24)(H,18,21,23)/b17-7-. The smallest absolute Gasteiger partial charge is 0.282 e. The Morgan fingerprint density at radius 1 is 1.31 bits per heavy atom. The molecule has 0 radical (unpaired) electrons. The van der Waals surface area contributed by atoms with Crippen LogP contribution in [0.25, 0.3) is 0 Å². The summed E-state index contributed by atoms with van der Waals surface area (Å²) >= 11 is 1.08. The number of anilines is 1. The van der Waals surface area contributed by atoms with Gasteiger partial charge in [-0.15, -0.1) is 10.2 Å². The Morgan fingerprint density at radius 3 is 2.79 bits per heavy atom. The number of fused-ring (bicyclic) bond motifs is 1. The highest BCUT2D eigenvalue weighted by Gasteiger charge is 2.22. The fourth-order valence-corrected chi connectivity index (χ4v) is 3.10. The Labute approximate surface area is 168 Å². The molecule has 0 spiro atoms. The number of hydrogen-bond acceptors (Lipinski definition) is 10. The Bertz CT molecular complexity index is 975. The Kier molecular flexibility index (Phi) is 6.29. The number of aromatic nitrogens is 2. The number of carbonyl (C=O) groups excluding carboxylic acids is 2. The lowest BCUT2D eigenvalue weighted by Crippen LogP contribution is -2.19. The van der Waals surface area contributed by atoms with E-state index in [2.05, 4.69) is 26.0 Å². The van der Waals surface area contributed by atoms with Crippen LogP contribution in [-0.4, -0.2) is 39.9 Å². The number of amides is 2. The zero-order valence-corrected chi connectivity index (χ0v) is 16.0. The average molecular weight is 420 g/mol. The van der Waals surface area contributed by atoms with Crippen molar-refractivity contribution in [3.05, 3.63) is 32.8 Å². The largest absolute Gasteiger partial charge is 0.454 e. The number of nitrogens with one attached hydrogen (secondary N) is 2. The zero-order chi connectivity index (χ0) is 20.8. The predicted octanol–water partition coefficient (Wildman–Crippen LogP) is 1.61. The summed E-state index contributed by atoms with van der Waals surface area (Å²) < 4.78 is 10.3. The average Bonchev–Trinajstić information content (AvgIpc) is 3.29. The molecule has 1 aromatic carbocycles. The number of carbonyl (C=O) groups is 2. The number of benzene rings is 1. The van der Waals surface area contributed by atoms with Gasteiger partial charge in [-0.2, -0.15) is 5.10 Å². The molecule has 0 fully saturated rings. The van der Waals surface area contributed by atoms with Crippen LogP contribution in [0, 0.1) is 10.1 Å². The molecule has 1 aromatic heterocycles. The Balaban J connectivity index is 1.59. The molecule has 0 atom stereocenters. The molecule has 1 aliphatic heterocycles. The fraction of sp³-hybridized carbons (Fsp3) is 0.312. The molecule has 2 aromatic rings. The summed E-state index contributed by atoms with van der Waals surface area (Å²) in [5, 5.41) is 25.9. The van der Waals surface area contributed by atoms with Crippen molar-refractivity contribution in [3.8, 4) is 11.5 Å². The first-order valence-corrected chi connectivity index (χ1v) is 9.30. The second kappa shape index (κ2) is 9.05. The van der Waals surface area contributed by atoms with Gasteiger partial charge in [0.1, 0.15) is 5.01 Å². The quantitative estimate of drug-likeness (QED) is 0.370. The number of rotatable bonds is 8. The van der Waals surface area contributed by atoms with E-state index >= 15 is 0 Å². The van der Waals surface area contributed by atoms with E-state index in [0.29, 0.717) is 28.7 Å². The number of ether oxygens (including phenoxy) is 2. The van der Waals surface area contributed by atoms with Gasteiger partial charge in [-0.3, -0.25) is 19.7 Å². The van der Waals surface area contributed by atoms with E-state index in [1.165, 1.54) is 12.1 Å². The second-order valence-electron chi connectivity index (χ2n) is 5.79. The first-order valence-electron chi connectivity index (χ1n) is 8.48. The molecule has 152 valence electrons. The van der Waals surface area contributed by atoms with Gasteiger partial charge in [0, 0.05) is 6.42 Å². The molecule has 0 saturated heterocycles. The lowest BCUT2D eigenvalue weighted by Gasteiger charge is -2.01. The third-order valence-electron chi connectivity index (χ3n) is 3.61. The van der Waals surface area contributed by atoms with E-state index in [1.807, 2.05) is 6.92 Å². The number of hydrazone groups is 1. The van der Waals surface area contributed by atoms with Gasteiger partial charge in [0.2, 0.25) is 23.7 Å². The van der Waals surface area contributed by atoms with Crippen LogP contribution in [0.1, 0.15) is 30.3 Å². The van der Waals surface area contributed by atoms with Gasteiger partial charge in [-0.25, -0.2) is 5.43 Å². The zero-order valence-electron chi connectivity index (χ0n) is 15.2. The molecule has 1 aliphatic rings. The summed E-state index contributed by atoms with van der Waals surface area (Å²) in [6.45, 7) is 1.86. The minimum absolute atomic E-state index is 0.0213. The van der Waals surface area contributed by atoms with Crippen molar-refractivity contribution in [3.63, 3.8) is 0 Å². The molecular formula is C16H16N6O6S. The molecule has 13 heteroatoms. The molecule has 3 rings (SSSR count). The summed E-state index contributed by atoms with van der Waals surface area (Å²) in [5.74, 6) is -0.0346. The van der Waals surface area contributed by atoms with E-state index in [1.54, 1.807) is 0 Å². The summed E-state index contributed by atoms with van der Waals surface area (Å²) in [6, 6.07) is 2.65. The lowest BCUT2D eigenvalue weighted by molar-refractivity contribution is -0.385. The predicted molar refractivity (Wildman–Crippen MR) is 102 cm³/mol. The van der Waals surface area contributed by atoms with Crippen molar-refractivity contribution in [2.75, 3.05) is 12.1 Å². The number of nitrogens with zero attached hydrogens (tertiary/aromatic N) is 4. The highest BCUT2D eigenvalue weighted by atomic mass is 32.1. The molecule has 0 saturated carbocycles. The van der Waals surface area contributed by atoms with Crippen LogP contribution in [0.4, 0.5) is 10.8 Å². The summed E-state index contributed by atoms with van der Waals surface area (Å²) in [5.41, 5.74) is 2.19. The first-order chi connectivity index (χ1) is 14.0. The number of nitro groups is 1.